The molecule has 3 aromatic carbocycles. The second kappa shape index (κ2) is 13.1. The van der Waals surface area contributed by atoms with Crippen LogP contribution in [0.1, 0.15) is 16.7 Å². The Kier molecular flexibility index (Phi) is 9.50. The van der Waals surface area contributed by atoms with Gasteiger partial charge in [-0.2, -0.15) is 5.10 Å². The fourth-order valence-electron chi connectivity index (χ4n) is 5.35. The van der Waals surface area contributed by atoms with Crippen molar-refractivity contribution in [3.63, 3.8) is 0 Å². The number of halogens is 4. The molecule has 0 bridgehead atoms. The van der Waals surface area contributed by atoms with E-state index in [2.05, 4.69) is 94.2 Å². The van der Waals surface area contributed by atoms with Gasteiger partial charge in [0.1, 0.15) is 29.9 Å². The standard InChI is InChI=1S/C30H32Br2F2N6O/c1-37(18-30(41,19-40-21-35-20-36-40)27-9-6-25(33)15-29(27)34)16-22-2-7-26(8-3-22)39-12-10-38(11-13-39)17-23-4-5-24(31)14-28(23)32/h2-9,14-15,20-21,41H,10-13,16-19H2,1H3. The first kappa shape index (κ1) is 29.8. The zero-order valence-corrected chi connectivity index (χ0v) is 25.9. The van der Waals surface area contributed by atoms with E-state index in [1.807, 2.05) is 11.9 Å². The van der Waals surface area contributed by atoms with E-state index in [0.717, 1.165) is 59.4 Å². The van der Waals surface area contributed by atoms with Crippen molar-refractivity contribution in [2.45, 2.75) is 25.2 Å². The molecule has 1 fully saturated rings. The van der Waals surface area contributed by atoms with Crippen molar-refractivity contribution in [3.8, 4) is 0 Å². The number of hydrogen-bond acceptors (Lipinski definition) is 6. The van der Waals surface area contributed by atoms with Crippen LogP contribution in [0.5, 0.6) is 0 Å². The number of nitrogens with zero attached hydrogens (tertiary/aromatic N) is 6. The van der Waals surface area contributed by atoms with Crippen molar-refractivity contribution < 1.29 is 13.9 Å². The van der Waals surface area contributed by atoms with E-state index in [-0.39, 0.29) is 18.7 Å². The molecule has 0 aliphatic carbocycles. The van der Waals surface area contributed by atoms with Crippen LogP contribution in [0.15, 0.2) is 82.3 Å². The van der Waals surface area contributed by atoms with E-state index >= 15 is 0 Å². The van der Waals surface area contributed by atoms with E-state index < -0.39 is 17.2 Å². The molecule has 41 heavy (non-hydrogen) atoms. The number of anilines is 1. The van der Waals surface area contributed by atoms with E-state index in [4.69, 9.17) is 0 Å². The van der Waals surface area contributed by atoms with Gasteiger partial charge in [0.05, 0.1) is 6.54 Å². The summed E-state index contributed by atoms with van der Waals surface area (Å²) in [5.41, 5.74) is 1.90. The van der Waals surface area contributed by atoms with Gasteiger partial charge in [-0.25, -0.2) is 18.4 Å². The van der Waals surface area contributed by atoms with Gasteiger partial charge in [0.25, 0.3) is 0 Å². The van der Waals surface area contributed by atoms with Crippen LogP contribution in [0.25, 0.3) is 0 Å². The minimum Gasteiger partial charge on any atom is -0.382 e. The van der Waals surface area contributed by atoms with Crippen molar-refractivity contribution in [1.29, 1.82) is 0 Å². The minimum absolute atomic E-state index is 0.0169. The summed E-state index contributed by atoms with van der Waals surface area (Å²) in [5.74, 6) is -1.49. The summed E-state index contributed by atoms with van der Waals surface area (Å²) in [6.45, 7) is 5.40. The fourth-order valence-corrected chi connectivity index (χ4v) is 6.52. The lowest BCUT2D eigenvalue weighted by Gasteiger charge is -2.36. The second-order valence-electron chi connectivity index (χ2n) is 10.6. The van der Waals surface area contributed by atoms with Gasteiger partial charge in [0, 0.05) is 72.1 Å². The molecule has 0 saturated carbocycles. The molecule has 1 aliphatic rings. The molecule has 1 aromatic heterocycles. The number of piperazine rings is 1. The molecule has 1 atom stereocenters. The Morgan fingerprint density at radius 1 is 0.976 bits per heavy atom. The maximum Gasteiger partial charge on any atom is 0.137 e. The molecule has 4 aromatic rings. The second-order valence-corrected chi connectivity index (χ2v) is 12.4. The molecular formula is C30H32Br2F2N6O. The lowest BCUT2D eigenvalue weighted by Crippen LogP contribution is -2.46. The molecule has 7 nitrogen and oxygen atoms in total. The van der Waals surface area contributed by atoms with Gasteiger partial charge in [-0.05, 0) is 48.5 Å². The first-order valence-corrected chi connectivity index (χ1v) is 15.0. The third-order valence-electron chi connectivity index (χ3n) is 7.39. The molecule has 0 amide bonds. The summed E-state index contributed by atoms with van der Waals surface area (Å²) >= 11 is 7.19. The van der Waals surface area contributed by atoms with Crippen molar-refractivity contribution in [2.75, 3.05) is 44.7 Å². The molecule has 0 spiro atoms. The minimum atomic E-state index is -1.65. The molecule has 5 rings (SSSR count). The maximum absolute atomic E-state index is 14.8. The molecule has 1 unspecified atom stereocenters. The smallest absolute Gasteiger partial charge is 0.137 e. The molecule has 2 heterocycles. The summed E-state index contributed by atoms with van der Waals surface area (Å²) in [7, 11) is 1.87. The van der Waals surface area contributed by atoms with Gasteiger partial charge in [0.15, 0.2) is 0 Å². The zero-order valence-electron chi connectivity index (χ0n) is 22.7. The molecule has 11 heteroatoms. The van der Waals surface area contributed by atoms with Crippen LogP contribution in [0.2, 0.25) is 0 Å². The first-order chi connectivity index (χ1) is 19.7. The lowest BCUT2D eigenvalue weighted by atomic mass is 9.92. The largest absolute Gasteiger partial charge is 0.382 e. The Labute approximate surface area is 255 Å². The third kappa shape index (κ3) is 7.58. The van der Waals surface area contributed by atoms with Gasteiger partial charge >= 0.3 is 0 Å². The number of rotatable bonds is 10. The van der Waals surface area contributed by atoms with Crippen LogP contribution in [0.3, 0.4) is 0 Å². The maximum atomic E-state index is 14.8. The van der Waals surface area contributed by atoms with Crippen molar-refractivity contribution in [1.82, 2.24) is 24.6 Å². The van der Waals surface area contributed by atoms with Crippen LogP contribution in [-0.4, -0.2) is 69.4 Å². The SMILES string of the molecule is CN(Cc1ccc(N2CCN(Cc3ccc(Br)cc3Br)CC2)cc1)CC(O)(Cn1cncn1)c1ccc(F)cc1F. The third-order valence-corrected chi connectivity index (χ3v) is 8.62. The Morgan fingerprint density at radius 3 is 2.39 bits per heavy atom. The topological polar surface area (TPSA) is 60.7 Å². The predicted molar refractivity (Wildman–Crippen MR) is 162 cm³/mol. The van der Waals surface area contributed by atoms with Gasteiger partial charge in [-0.15, -0.1) is 0 Å². The van der Waals surface area contributed by atoms with Crippen molar-refractivity contribution >= 4 is 37.5 Å². The quantitative estimate of drug-likeness (QED) is 0.240. The summed E-state index contributed by atoms with van der Waals surface area (Å²) in [5, 5.41) is 15.7. The normalized spacial score (nSPS) is 15.8. The highest BCUT2D eigenvalue weighted by Gasteiger charge is 2.35. The number of aromatic nitrogens is 3. The van der Waals surface area contributed by atoms with Crippen molar-refractivity contribution in [2.24, 2.45) is 0 Å². The van der Waals surface area contributed by atoms with E-state index in [1.165, 1.54) is 34.7 Å². The Bertz CT molecular complexity index is 1450. The summed E-state index contributed by atoms with van der Waals surface area (Å²) < 4.78 is 32.0. The fraction of sp³-hybridized carbons (Fsp3) is 0.333. The van der Waals surface area contributed by atoms with Gasteiger partial charge in [-0.1, -0.05) is 56.1 Å². The molecule has 1 saturated heterocycles. The highest BCUT2D eigenvalue weighted by Crippen LogP contribution is 2.29. The molecule has 1 aliphatic heterocycles. The Hall–Kier alpha value is -2.70. The average molecular weight is 690 g/mol. The van der Waals surface area contributed by atoms with Crippen LogP contribution >= 0.6 is 31.9 Å². The monoisotopic (exact) mass is 688 g/mol. The predicted octanol–water partition coefficient (Wildman–Crippen LogP) is 5.42. The molecular weight excluding hydrogens is 658 g/mol. The highest BCUT2D eigenvalue weighted by atomic mass is 79.9. The number of benzene rings is 3. The highest BCUT2D eigenvalue weighted by molar-refractivity contribution is 9.11. The Morgan fingerprint density at radius 2 is 1.73 bits per heavy atom. The summed E-state index contributed by atoms with van der Waals surface area (Å²) in [4.78, 5) is 10.7. The van der Waals surface area contributed by atoms with Gasteiger partial charge < -0.3 is 10.0 Å². The van der Waals surface area contributed by atoms with Gasteiger partial charge in [-0.3, -0.25) is 9.80 Å². The van der Waals surface area contributed by atoms with Crippen molar-refractivity contribution in [3.05, 3.63) is 111 Å². The van der Waals surface area contributed by atoms with Crippen LogP contribution < -0.4 is 4.90 Å². The lowest BCUT2D eigenvalue weighted by molar-refractivity contribution is -0.0175. The van der Waals surface area contributed by atoms with E-state index in [0.29, 0.717) is 6.54 Å². The van der Waals surface area contributed by atoms with Crippen LogP contribution in [-0.2, 0) is 25.2 Å². The first-order valence-electron chi connectivity index (χ1n) is 13.4. The van der Waals surface area contributed by atoms with Gasteiger partial charge in [0.2, 0.25) is 0 Å². The molecule has 1 N–H and O–H groups in total. The van der Waals surface area contributed by atoms with Crippen LogP contribution in [0, 0.1) is 11.6 Å². The number of hydrogen-bond donors (Lipinski definition) is 1. The van der Waals surface area contributed by atoms with E-state index in [1.54, 1.807) is 0 Å². The zero-order chi connectivity index (χ0) is 29.0. The molecule has 0 radical (unpaired) electrons. The Balaban J connectivity index is 1.19. The number of likely N-dealkylation sites (N-methyl/N-ethyl adjacent to an activating group) is 1. The summed E-state index contributed by atoms with van der Waals surface area (Å²) in [6.07, 6.45) is 2.82. The number of aliphatic hydroxyl groups is 1. The van der Waals surface area contributed by atoms with E-state index in [9.17, 15) is 13.9 Å². The summed E-state index contributed by atoms with van der Waals surface area (Å²) in [6, 6.07) is 18.0. The van der Waals surface area contributed by atoms with Crippen LogP contribution in [0.4, 0.5) is 14.5 Å². The molecule has 216 valence electrons. The average Bonchev–Trinajstić information content (AvgIpc) is 3.43.